The zero-order valence-corrected chi connectivity index (χ0v) is 21.9. The van der Waals surface area contributed by atoms with Gasteiger partial charge in [0.05, 0.1) is 5.41 Å². The van der Waals surface area contributed by atoms with Gasteiger partial charge >= 0.3 is 0 Å². The molecule has 1 atom stereocenters. The molecule has 0 aliphatic heterocycles. The molecule has 172 valence electrons. The van der Waals surface area contributed by atoms with Gasteiger partial charge in [-0.1, -0.05) is 121 Å². The fourth-order valence-electron chi connectivity index (χ4n) is 6.44. The summed E-state index contributed by atoms with van der Waals surface area (Å²) in [4.78, 5) is 0. The van der Waals surface area contributed by atoms with Gasteiger partial charge in [-0.15, -0.1) is 0 Å². The lowest BCUT2D eigenvalue weighted by Gasteiger charge is -2.35. The molecule has 0 radical (unpaired) electrons. The fourth-order valence-corrected chi connectivity index (χ4v) is 6.84. The van der Waals surface area contributed by atoms with E-state index in [0.717, 1.165) is 23.7 Å². The van der Waals surface area contributed by atoms with Gasteiger partial charge in [-0.25, -0.2) is 0 Å². The molecule has 0 heterocycles. The predicted molar refractivity (Wildman–Crippen MR) is 152 cm³/mol. The molecule has 0 saturated heterocycles. The Kier molecular flexibility index (Phi) is 5.61. The lowest BCUT2D eigenvalue weighted by atomic mass is 9.66. The van der Waals surface area contributed by atoms with Gasteiger partial charge in [0, 0.05) is 4.47 Å². The van der Waals surface area contributed by atoms with Gasteiger partial charge in [0.25, 0.3) is 0 Å². The highest BCUT2D eigenvalue weighted by molar-refractivity contribution is 9.10. The van der Waals surface area contributed by atoms with Crippen molar-refractivity contribution >= 4 is 21.5 Å². The van der Waals surface area contributed by atoms with Crippen molar-refractivity contribution in [3.63, 3.8) is 0 Å². The summed E-state index contributed by atoms with van der Waals surface area (Å²) in [5.74, 6) is 0. The van der Waals surface area contributed by atoms with Gasteiger partial charge in [0.2, 0.25) is 0 Å². The van der Waals surface area contributed by atoms with E-state index in [1.807, 2.05) is 13.8 Å². The van der Waals surface area contributed by atoms with E-state index in [1.54, 1.807) is 0 Å². The maximum Gasteiger partial charge on any atom is 0.0710 e. The SMILES string of the molecule is Brc1cccc(C2(c3ccccc3)C3=CCCC=C3c3c2ccc2c3Cc3ccccc3-2)c1.CC. The number of fused-ring (bicyclic) bond motifs is 7. The van der Waals surface area contributed by atoms with Gasteiger partial charge in [0.15, 0.2) is 0 Å². The Morgan fingerprint density at radius 2 is 1.43 bits per heavy atom. The second-order valence-electron chi connectivity index (χ2n) is 9.29. The summed E-state index contributed by atoms with van der Waals surface area (Å²) >= 11 is 3.77. The third-order valence-electron chi connectivity index (χ3n) is 7.68. The Hall–Kier alpha value is -3.16. The summed E-state index contributed by atoms with van der Waals surface area (Å²) < 4.78 is 1.12. The summed E-state index contributed by atoms with van der Waals surface area (Å²) in [5, 5.41) is 0. The zero-order chi connectivity index (χ0) is 24.0. The Morgan fingerprint density at radius 1 is 0.686 bits per heavy atom. The Morgan fingerprint density at radius 3 is 2.26 bits per heavy atom. The highest BCUT2D eigenvalue weighted by Crippen LogP contribution is 2.61. The Balaban J connectivity index is 0.00000112. The van der Waals surface area contributed by atoms with Crippen molar-refractivity contribution in [2.75, 3.05) is 0 Å². The molecule has 3 aliphatic carbocycles. The monoisotopic (exact) mass is 516 g/mol. The maximum atomic E-state index is 3.77. The second kappa shape index (κ2) is 8.81. The van der Waals surface area contributed by atoms with Crippen LogP contribution in [0.25, 0.3) is 16.7 Å². The van der Waals surface area contributed by atoms with Crippen molar-refractivity contribution in [2.45, 2.75) is 38.5 Å². The van der Waals surface area contributed by atoms with Crippen LogP contribution in [0.4, 0.5) is 0 Å². The number of hydrogen-bond donors (Lipinski definition) is 0. The van der Waals surface area contributed by atoms with E-state index in [4.69, 9.17) is 0 Å². The minimum atomic E-state index is -0.295. The number of halogens is 1. The average Bonchev–Trinajstić information content (AvgIpc) is 3.44. The Bertz CT molecular complexity index is 1490. The summed E-state index contributed by atoms with van der Waals surface area (Å²) in [6.45, 7) is 4.00. The van der Waals surface area contributed by atoms with Crippen LogP contribution in [0.5, 0.6) is 0 Å². The van der Waals surface area contributed by atoms with Crippen LogP contribution in [0, 0.1) is 0 Å². The third kappa shape index (κ3) is 3.18. The smallest absolute Gasteiger partial charge is 0.0710 e. The van der Waals surface area contributed by atoms with E-state index < -0.39 is 0 Å². The molecule has 0 spiro atoms. The summed E-state index contributed by atoms with van der Waals surface area (Å²) in [7, 11) is 0. The van der Waals surface area contributed by atoms with Crippen molar-refractivity contribution in [3.8, 4) is 11.1 Å². The minimum Gasteiger partial charge on any atom is -0.0788 e. The molecule has 0 saturated carbocycles. The van der Waals surface area contributed by atoms with Crippen LogP contribution in [0.3, 0.4) is 0 Å². The van der Waals surface area contributed by atoms with Gasteiger partial charge < -0.3 is 0 Å². The van der Waals surface area contributed by atoms with Gasteiger partial charge in [-0.05, 0) is 87.0 Å². The van der Waals surface area contributed by atoms with E-state index in [0.29, 0.717) is 0 Å². The number of allylic oxidation sites excluding steroid dienone is 4. The molecule has 35 heavy (non-hydrogen) atoms. The standard InChI is InChI=1S/C32H23Br.C2H6/c33-24-13-8-12-23(20-24)32(22-10-2-1-3-11-22)29-16-7-6-15-27(29)31-28-19-21-9-4-5-14-25(21)26(28)17-18-30(31)32;1-2/h1-5,8-18,20H,6-7,19H2;1-2H3. The molecule has 1 unspecified atom stereocenters. The van der Waals surface area contributed by atoms with Crippen LogP contribution in [-0.4, -0.2) is 0 Å². The highest BCUT2D eigenvalue weighted by atomic mass is 79.9. The first kappa shape index (κ1) is 22.3. The van der Waals surface area contributed by atoms with Crippen LogP contribution in [0.1, 0.15) is 60.1 Å². The van der Waals surface area contributed by atoms with Crippen molar-refractivity contribution in [1.29, 1.82) is 0 Å². The first-order valence-corrected chi connectivity index (χ1v) is 13.6. The number of rotatable bonds is 2. The highest BCUT2D eigenvalue weighted by Gasteiger charge is 2.50. The van der Waals surface area contributed by atoms with Crippen LogP contribution in [0.2, 0.25) is 0 Å². The maximum absolute atomic E-state index is 3.77. The molecular formula is C34H29Br. The molecule has 3 aliphatic rings. The first-order valence-electron chi connectivity index (χ1n) is 12.8. The lowest BCUT2D eigenvalue weighted by Crippen LogP contribution is -2.29. The van der Waals surface area contributed by atoms with Crippen molar-refractivity contribution in [1.82, 2.24) is 0 Å². The van der Waals surface area contributed by atoms with Crippen LogP contribution in [0.15, 0.2) is 113 Å². The molecule has 1 heteroatoms. The minimum absolute atomic E-state index is 0.295. The van der Waals surface area contributed by atoms with E-state index in [9.17, 15) is 0 Å². The lowest BCUT2D eigenvalue weighted by molar-refractivity contribution is 0.757. The van der Waals surface area contributed by atoms with Crippen LogP contribution < -0.4 is 0 Å². The molecule has 4 aromatic rings. The van der Waals surface area contributed by atoms with Crippen molar-refractivity contribution in [2.24, 2.45) is 0 Å². The first-order chi connectivity index (χ1) is 17.3. The zero-order valence-electron chi connectivity index (χ0n) is 20.3. The van der Waals surface area contributed by atoms with Gasteiger partial charge in [0.1, 0.15) is 0 Å². The molecule has 0 bridgehead atoms. The van der Waals surface area contributed by atoms with Gasteiger partial charge in [-0.2, -0.15) is 0 Å². The normalized spacial score (nSPS) is 18.8. The largest absolute Gasteiger partial charge is 0.0788 e. The van der Waals surface area contributed by atoms with Crippen LogP contribution in [-0.2, 0) is 11.8 Å². The van der Waals surface area contributed by atoms with Crippen LogP contribution >= 0.6 is 15.9 Å². The molecular weight excluding hydrogens is 488 g/mol. The third-order valence-corrected chi connectivity index (χ3v) is 8.18. The molecule has 0 nitrogen and oxygen atoms in total. The van der Waals surface area contributed by atoms with Crippen molar-refractivity contribution < 1.29 is 0 Å². The number of hydrogen-bond acceptors (Lipinski definition) is 0. The fraction of sp³-hybridized carbons (Fsp3) is 0.176. The Labute approximate surface area is 217 Å². The quantitative estimate of drug-likeness (QED) is 0.219. The van der Waals surface area contributed by atoms with E-state index >= 15 is 0 Å². The van der Waals surface area contributed by atoms with Gasteiger partial charge in [-0.3, -0.25) is 0 Å². The number of benzene rings is 4. The van der Waals surface area contributed by atoms with Crippen molar-refractivity contribution in [3.05, 3.63) is 147 Å². The second-order valence-corrected chi connectivity index (χ2v) is 10.2. The molecule has 7 rings (SSSR count). The topological polar surface area (TPSA) is 0 Å². The molecule has 0 amide bonds. The summed E-state index contributed by atoms with van der Waals surface area (Å²) in [6, 6.07) is 33.8. The van der Waals surface area contributed by atoms with E-state index in [-0.39, 0.29) is 5.41 Å². The molecule has 0 N–H and O–H groups in total. The molecule has 0 fully saturated rings. The van der Waals surface area contributed by atoms with E-state index in [1.165, 1.54) is 55.7 Å². The predicted octanol–water partition coefficient (Wildman–Crippen LogP) is 9.50. The summed E-state index contributed by atoms with van der Waals surface area (Å²) in [6.07, 6.45) is 8.23. The molecule has 4 aromatic carbocycles. The average molecular weight is 518 g/mol. The van der Waals surface area contributed by atoms with E-state index in [2.05, 4.69) is 119 Å². The summed E-state index contributed by atoms with van der Waals surface area (Å²) in [5.41, 5.74) is 13.9. The molecule has 0 aromatic heterocycles.